The molecule has 5 heteroatoms. The van der Waals surface area contributed by atoms with Crippen LogP contribution in [0.2, 0.25) is 0 Å². The number of hydrogen-bond acceptors (Lipinski definition) is 5. The molecule has 0 atom stereocenters. The molecule has 4 nitrogen and oxygen atoms in total. The number of pyridine rings is 4. The highest BCUT2D eigenvalue weighted by Crippen LogP contribution is 2.22. The van der Waals surface area contributed by atoms with Crippen molar-refractivity contribution in [2.75, 3.05) is 0 Å². The topological polar surface area (TPSA) is 51.6 Å². The summed E-state index contributed by atoms with van der Waals surface area (Å²) >= 11 is 1.61. The number of thiophene rings is 1. The van der Waals surface area contributed by atoms with Crippen LogP contribution in [0.25, 0.3) is 12.2 Å². The van der Waals surface area contributed by atoms with E-state index >= 15 is 0 Å². The second-order valence-electron chi connectivity index (χ2n) is 8.30. The van der Waals surface area contributed by atoms with Crippen molar-refractivity contribution >= 4 is 23.5 Å². The molecule has 5 aromatic rings. The van der Waals surface area contributed by atoms with Gasteiger partial charge in [-0.15, -0.1) is 11.3 Å². The van der Waals surface area contributed by atoms with Gasteiger partial charge in [0.1, 0.15) is 0 Å². The quantitative estimate of drug-likeness (QED) is 0.247. The normalized spacial score (nSPS) is 9.17. The predicted octanol–water partition coefficient (Wildman–Crippen LogP) is 6.30. The van der Waals surface area contributed by atoms with E-state index in [0.29, 0.717) is 11.1 Å². The Morgan fingerprint density at radius 1 is 0.415 bits per heavy atom. The first-order chi connectivity index (χ1) is 20.3. The Morgan fingerprint density at radius 2 is 0.683 bits per heavy atom. The van der Waals surface area contributed by atoms with E-state index in [1.54, 1.807) is 60.9 Å². The molecule has 5 rings (SSSR count). The molecule has 0 radical (unpaired) electrons. The first kappa shape index (κ1) is 26.6. The maximum atomic E-state index is 4.06. The number of allylic oxidation sites excluding steroid dienone is 2. The third-order valence-corrected chi connectivity index (χ3v) is 6.29. The summed E-state index contributed by atoms with van der Waals surface area (Å²) in [5, 5.41) is 0. The third kappa shape index (κ3) is 8.78. The van der Waals surface area contributed by atoms with Gasteiger partial charge in [-0.1, -0.05) is 47.4 Å². The van der Waals surface area contributed by atoms with Gasteiger partial charge in [-0.25, -0.2) is 0 Å². The summed E-state index contributed by atoms with van der Waals surface area (Å²) in [6.07, 6.45) is 17.8. The smallest absolute Gasteiger partial charge is 0.0765 e. The summed E-state index contributed by atoms with van der Waals surface area (Å²) in [6.45, 7) is 0. The fourth-order valence-electron chi connectivity index (χ4n) is 3.31. The summed E-state index contributed by atoms with van der Waals surface area (Å²) in [5.41, 5.74) is 4.89. The van der Waals surface area contributed by atoms with Crippen LogP contribution >= 0.6 is 11.3 Å². The molecule has 0 N–H and O–H groups in total. The number of nitrogens with zero attached hydrogens (tertiary/aromatic N) is 4. The lowest BCUT2D eigenvalue weighted by molar-refractivity contribution is 1.32. The van der Waals surface area contributed by atoms with E-state index in [0.717, 1.165) is 32.0 Å². The lowest BCUT2D eigenvalue weighted by Gasteiger charge is -1.91. The molecule has 0 aliphatic heterocycles. The maximum absolute atomic E-state index is 4.06. The van der Waals surface area contributed by atoms with E-state index in [2.05, 4.69) is 67.3 Å². The Bertz CT molecular complexity index is 1670. The zero-order chi connectivity index (χ0) is 28.0. The molecule has 0 saturated heterocycles. The molecule has 5 aromatic heterocycles. The molecule has 0 aliphatic rings. The Kier molecular flexibility index (Phi) is 9.25. The molecular weight excluding hydrogens is 520 g/mol. The minimum atomic E-state index is 0.700. The second kappa shape index (κ2) is 14.2. The summed E-state index contributed by atoms with van der Waals surface area (Å²) in [6, 6.07) is 19.1. The van der Waals surface area contributed by atoms with Gasteiger partial charge in [0, 0.05) is 81.6 Å². The van der Waals surface area contributed by atoms with E-state index in [-0.39, 0.29) is 0 Å². The number of rotatable bonds is 2. The van der Waals surface area contributed by atoms with Crippen molar-refractivity contribution in [1.82, 2.24) is 19.9 Å². The monoisotopic (exact) mass is 540 g/mol. The molecular formula is C36H20N4S. The van der Waals surface area contributed by atoms with Crippen LogP contribution in [0.3, 0.4) is 0 Å². The summed E-state index contributed by atoms with van der Waals surface area (Å²) < 4.78 is 0. The Hall–Kier alpha value is -5.98. The number of aromatic nitrogens is 4. The first-order valence-electron chi connectivity index (χ1n) is 12.5. The van der Waals surface area contributed by atoms with Crippen molar-refractivity contribution in [1.29, 1.82) is 0 Å². The molecule has 41 heavy (non-hydrogen) atoms. The molecule has 5 heterocycles. The Balaban J connectivity index is 1.47. The molecule has 0 unspecified atom stereocenters. The lowest BCUT2D eigenvalue weighted by atomic mass is 10.1. The van der Waals surface area contributed by atoms with Crippen LogP contribution in [0.15, 0.2) is 121 Å². The molecule has 0 aliphatic carbocycles. The van der Waals surface area contributed by atoms with Crippen molar-refractivity contribution in [3.8, 4) is 47.4 Å². The van der Waals surface area contributed by atoms with Gasteiger partial charge in [-0.3, -0.25) is 19.9 Å². The second-order valence-corrected chi connectivity index (χ2v) is 9.45. The molecule has 0 bridgehead atoms. The summed E-state index contributed by atoms with van der Waals surface area (Å²) in [5.74, 6) is 25.6. The molecule has 190 valence electrons. The van der Waals surface area contributed by atoms with Gasteiger partial charge in [-0.05, 0) is 72.8 Å². The van der Waals surface area contributed by atoms with Crippen molar-refractivity contribution in [3.05, 3.63) is 153 Å². The third-order valence-electron chi connectivity index (χ3n) is 5.31. The van der Waals surface area contributed by atoms with Crippen LogP contribution in [-0.4, -0.2) is 19.9 Å². The summed E-state index contributed by atoms with van der Waals surface area (Å²) in [4.78, 5) is 18.3. The largest absolute Gasteiger partial charge is 0.265 e. The maximum Gasteiger partial charge on any atom is 0.0765 e. The van der Waals surface area contributed by atoms with E-state index in [1.165, 1.54) is 0 Å². The van der Waals surface area contributed by atoms with E-state index in [4.69, 9.17) is 0 Å². The highest BCUT2D eigenvalue weighted by atomic mass is 32.1. The predicted molar refractivity (Wildman–Crippen MR) is 165 cm³/mol. The van der Waals surface area contributed by atoms with Crippen LogP contribution < -0.4 is 0 Å². The average molecular weight is 541 g/mol. The molecule has 0 aromatic carbocycles. The van der Waals surface area contributed by atoms with E-state index < -0.39 is 0 Å². The van der Waals surface area contributed by atoms with Crippen LogP contribution in [0.4, 0.5) is 0 Å². The lowest BCUT2D eigenvalue weighted by Crippen LogP contribution is -1.79. The van der Waals surface area contributed by atoms with E-state index in [1.807, 2.05) is 72.8 Å². The van der Waals surface area contributed by atoms with Crippen LogP contribution in [0.5, 0.6) is 0 Å². The van der Waals surface area contributed by atoms with Crippen LogP contribution in [0, 0.1) is 47.4 Å². The van der Waals surface area contributed by atoms with Gasteiger partial charge in [0.25, 0.3) is 0 Å². The van der Waals surface area contributed by atoms with Gasteiger partial charge >= 0.3 is 0 Å². The zero-order valence-corrected chi connectivity index (χ0v) is 22.6. The molecule has 0 amide bonds. The van der Waals surface area contributed by atoms with Gasteiger partial charge in [0.15, 0.2) is 0 Å². The molecule has 0 saturated carbocycles. The Morgan fingerprint density at radius 3 is 0.951 bits per heavy atom. The van der Waals surface area contributed by atoms with E-state index in [9.17, 15) is 0 Å². The minimum Gasteiger partial charge on any atom is -0.265 e. The van der Waals surface area contributed by atoms with Crippen LogP contribution in [-0.2, 0) is 0 Å². The highest BCUT2D eigenvalue weighted by molar-refractivity contribution is 7.13. The molecule has 0 fully saturated rings. The van der Waals surface area contributed by atoms with Crippen LogP contribution in [0.1, 0.15) is 32.0 Å². The number of hydrogen-bond donors (Lipinski definition) is 0. The SMILES string of the molecule is C(#Cc1ccncc1)C(C#Cc1ccncc1)=Cc1ccc(C=C(C#Cc2ccncc2)C#Cc2ccncc2)s1. The van der Waals surface area contributed by atoms with Gasteiger partial charge in [0.2, 0.25) is 0 Å². The fourth-order valence-corrected chi connectivity index (χ4v) is 4.21. The van der Waals surface area contributed by atoms with Crippen molar-refractivity contribution in [3.63, 3.8) is 0 Å². The van der Waals surface area contributed by atoms with Crippen molar-refractivity contribution < 1.29 is 0 Å². The minimum absolute atomic E-state index is 0.700. The Labute approximate surface area is 243 Å². The zero-order valence-electron chi connectivity index (χ0n) is 21.7. The summed E-state index contributed by atoms with van der Waals surface area (Å²) in [7, 11) is 0. The van der Waals surface area contributed by atoms with Gasteiger partial charge < -0.3 is 0 Å². The fraction of sp³-hybridized carbons (Fsp3) is 0. The van der Waals surface area contributed by atoms with Crippen molar-refractivity contribution in [2.24, 2.45) is 0 Å². The molecule has 0 spiro atoms. The standard InChI is InChI=1S/C36H20N4S/c1(29-11-19-37-20-12-29)5-33(6-2-30-13-21-38-22-14-30)27-35-9-10-36(41-35)28-34(7-3-31-15-23-39-24-16-31)8-4-32-17-25-40-26-18-32/h9-28H. The average Bonchev–Trinajstić information content (AvgIpc) is 3.48. The van der Waals surface area contributed by atoms with Gasteiger partial charge in [-0.2, -0.15) is 0 Å². The van der Waals surface area contributed by atoms with Crippen molar-refractivity contribution in [2.45, 2.75) is 0 Å². The highest BCUT2D eigenvalue weighted by Gasteiger charge is 1.99. The van der Waals surface area contributed by atoms with Gasteiger partial charge in [0.05, 0.1) is 11.1 Å². The first-order valence-corrected chi connectivity index (χ1v) is 13.3.